The van der Waals surface area contributed by atoms with Crippen molar-refractivity contribution in [1.29, 1.82) is 0 Å². The van der Waals surface area contributed by atoms with Crippen molar-refractivity contribution in [3.8, 4) is 0 Å². The quantitative estimate of drug-likeness (QED) is 0.801. The van der Waals surface area contributed by atoms with E-state index in [4.69, 9.17) is 11.6 Å². The van der Waals surface area contributed by atoms with Crippen LogP contribution in [-0.2, 0) is 0 Å². The van der Waals surface area contributed by atoms with E-state index >= 15 is 0 Å². The van der Waals surface area contributed by atoms with Crippen molar-refractivity contribution in [2.24, 2.45) is 5.10 Å². The van der Waals surface area contributed by atoms with E-state index in [9.17, 15) is 4.79 Å². The molecule has 19 heavy (non-hydrogen) atoms. The summed E-state index contributed by atoms with van der Waals surface area (Å²) in [5, 5.41) is 4.77. The smallest absolute Gasteiger partial charge is 0.271 e. The Morgan fingerprint density at radius 1 is 1.42 bits per heavy atom. The minimum atomic E-state index is -0.208. The topological polar surface area (TPSA) is 45.9 Å². The maximum Gasteiger partial charge on any atom is 0.271 e. The number of hydrogen-bond donors (Lipinski definition) is 2. The van der Waals surface area contributed by atoms with Gasteiger partial charge in [0.2, 0.25) is 0 Å². The summed E-state index contributed by atoms with van der Waals surface area (Å²) in [6, 6.07) is 6.87. The molecule has 1 aromatic rings. The molecular weight excluding hydrogens is 262 g/mol. The molecular formula is C14H19ClN3O+. The Morgan fingerprint density at radius 3 is 2.79 bits per heavy atom. The van der Waals surface area contributed by atoms with Gasteiger partial charge in [-0.2, -0.15) is 5.10 Å². The van der Waals surface area contributed by atoms with Crippen LogP contribution < -0.4 is 10.3 Å². The highest BCUT2D eigenvalue weighted by Crippen LogP contribution is 2.10. The zero-order chi connectivity index (χ0) is 13.7. The van der Waals surface area contributed by atoms with Crippen LogP contribution in [0.4, 0.5) is 0 Å². The molecule has 1 amide bonds. The fourth-order valence-electron chi connectivity index (χ4n) is 2.18. The number of carbonyl (C=O) groups excluding carboxylic acids is 1. The summed E-state index contributed by atoms with van der Waals surface area (Å²) in [6.45, 7) is 5.55. The summed E-state index contributed by atoms with van der Waals surface area (Å²) >= 11 is 5.85. The van der Waals surface area contributed by atoms with E-state index in [-0.39, 0.29) is 5.91 Å². The number of nitrogens with one attached hydrogen (secondary N) is 2. The molecule has 1 aliphatic rings. The summed E-state index contributed by atoms with van der Waals surface area (Å²) in [5.74, 6) is -0.208. The van der Waals surface area contributed by atoms with Crippen LogP contribution in [0.5, 0.6) is 0 Å². The molecule has 1 heterocycles. The van der Waals surface area contributed by atoms with Gasteiger partial charge >= 0.3 is 0 Å². The maximum absolute atomic E-state index is 11.9. The molecule has 0 spiro atoms. The minimum Gasteiger partial charge on any atom is -0.335 e. The van der Waals surface area contributed by atoms with Crippen molar-refractivity contribution in [2.75, 3.05) is 19.6 Å². The van der Waals surface area contributed by atoms with E-state index in [2.05, 4.69) is 17.5 Å². The van der Waals surface area contributed by atoms with Crippen molar-refractivity contribution in [2.45, 2.75) is 19.8 Å². The van der Waals surface area contributed by atoms with E-state index in [1.165, 1.54) is 0 Å². The molecule has 1 fully saturated rings. The Hall–Kier alpha value is -1.39. The van der Waals surface area contributed by atoms with Gasteiger partial charge in [0.1, 0.15) is 0 Å². The van der Waals surface area contributed by atoms with E-state index in [1.54, 1.807) is 29.2 Å². The van der Waals surface area contributed by atoms with Crippen molar-refractivity contribution in [3.63, 3.8) is 0 Å². The molecule has 0 aromatic heterocycles. The van der Waals surface area contributed by atoms with Crippen LogP contribution in [0.25, 0.3) is 0 Å². The normalized spacial score (nSPS) is 19.1. The Kier molecular flexibility index (Phi) is 4.93. The third-order valence-electron chi connectivity index (χ3n) is 3.44. The van der Waals surface area contributed by atoms with Crippen LogP contribution in [0, 0.1) is 0 Å². The lowest BCUT2D eigenvalue weighted by Gasteiger charge is -2.23. The number of hydrazone groups is 1. The largest absolute Gasteiger partial charge is 0.335 e. The van der Waals surface area contributed by atoms with Crippen LogP contribution in [0.2, 0.25) is 5.02 Å². The van der Waals surface area contributed by atoms with Crippen molar-refractivity contribution in [1.82, 2.24) is 5.43 Å². The van der Waals surface area contributed by atoms with Gasteiger partial charge in [-0.1, -0.05) is 17.7 Å². The first-order valence-electron chi connectivity index (χ1n) is 6.64. The predicted octanol–water partition coefficient (Wildman–Crippen LogP) is 1.12. The fourth-order valence-corrected chi connectivity index (χ4v) is 2.37. The highest BCUT2D eigenvalue weighted by Gasteiger charge is 2.16. The summed E-state index contributed by atoms with van der Waals surface area (Å²) in [6.07, 6.45) is 1.91. The van der Waals surface area contributed by atoms with E-state index in [0.717, 1.165) is 38.2 Å². The van der Waals surface area contributed by atoms with Gasteiger partial charge in [-0.05, 0) is 25.1 Å². The van der Waals surface area contributed by atoms with Crippen molar-refractivity contribution >= 4 is 23.2 Å². The zero-order valence-electron chi connectivity index (χ0n) is 11.1. The molecule has 2 rings (SSSR count). The second-order valence-corrected chi connectivity index (χ2v) is 5.17. The Morgan fingerprint density at radius 2 is 2.16 bits per heavy atom. The van der Waals surface area contributed by atoms with E-state index in [1.807, 2.05) is 0 Å². The number of hydrogen-bond acceptors (Lipinski definition) is 2. The van der Waals surface area contributed by atoms with Gasteiger partial charge in [-0.3, -0.25) is 4.79 Å². The molecule has 0 radical (unpaired) electrons. The van der Waals surface area contributed by atoms with Gasteiger partial charge in [0.15, 0.2) is 0 Å². The lowest BCUT2D eigenvalue weighted by Crippen LogP contribution is -3.12. The lowest BCUT2D eigenvalue weighted by molar-refractivity contribution is -0.899. The summed E-state index contributed by atoms with van der Waals surface area (Å²) in [5.41, 5.74) is 4.22. The second kappa shape index (κ2) is 6.68. The molecule has 102 valence electrons. The SMILES string of the molecule is CC[NH+]1CCC(=NNC(=O)c2cccc(Cl)c2)CC1. The maximum atomic E-state index is 11.9. The first-order chi connectivity index (χ1) is 9.19. The third kappa shape index (κ3) is 4.04. The zero-order valence-corrected chi connectivity index (χ0v) is 11.8. The fraction of sp³-hybridized carbons (Fsp3) is 0.429. The molecule has 0 saturated carbocycles. The molecule has 0 bridgehead atoms. The second-order valence-electron chi connectivity index (χ2n) is 4.73. The van der Waals surface area contributed by atoms with Crippen LogP contribution in [0.3, 0.4) is 0 Å². The molecule has 2 N–H and O–H groups in total. The number of halogens is 1. The average molecular weight is 281 g/mol. The molecule has 1 aromatic carbocycles. The van der Waals surface area contributed by atoms with E-state index in [0.29, 0.717) is 10.6 Å². The van der Waals surface area contributed by atoms with Gasteiger partial charge in [0.25, 0.3) is 5.91 Å². The van der Waals surface area contributed by atoms with Crippen LogP contribution >= 0.6 is 11.6 Å². The van der Waals surface area contributed by atoms with Crippen LogP contribution in [-0.4, -0.2) is 31.3 Å². The van der Waals surface area contributed by atoms with Crippen LogP contribution in [0.1, 0.15) is 30.1 Å². The van der Waals surface area contributed by atoms with Gasteiger partial charge in [0, 0.05) is 29.1 Å². The average Bonchev–Trinajstić information content (AvgIpc) is 2.45. The number of quaternary nitrogens is 1. The number of piperidine rings is 1. The number of likely N-dealkylation sites (tertiary alicyclic amines) is 1. The van der Waals surface area contributed by atoms with E-state index < -0.39 is 0 Å². The molecule has 0 aliphatic carbocycles. The molecule has 0 atom stereocenters. The van der Waals surface area contributed by atoms with Crippen LogP contribution in [0.15, 0.2) is 29.4 Å². The molecule has 4 nitrogen and oxygen atoms in total. The first-order valence-corrected chi connectivity index (χ1v) is 7.01. The third-order valence-corrected chi connectivity index (χ3v) is 3.67. The predicted molar refractivity (Wildman–Crippen MR) is 76.8 cm³/mol. The van der Waals surface area contributed by atoms with Crippen molar-refractivity contribution in [3.05, 3.63) is 34.9 Å². The first kappa shape index (κ1) is 14.0. The standard InChI is InChI=1S/C14H18ClN3O/c1-2-18-8-6-13(7-9-18)16-17-14(19)11-4-3-5-12(15)10-11/h3-5,10H,2,6-9H2,1H3,(H,17,19)/p+1. The summed E-state index contributed by atoms with van der Waals surface area (Å²) < 4.78 is 0. The Labute approximate surface area is 118 Å². The Balaban J connectivity index is 1.90. The number of rotatable bonds is 3. The summed E-state index contributed by atoms with van der Waals surface area (Å²) in [7, 11) is 0. The highest BCUT2D eigenvalue weighted by atomic mass is 35.5. The molecule has 1 aliphatic heterocycles. The molecule has 1 saturated heterocycles. The van der Waals surface area contributed by atoms with Gasteiger partial charge in [0.05, 0.1) is 19.6 Å². The molecule has 5 heteroatoms. The highest BCUT2D eigenvalue weighted by molar-refractivity contribution is 6.30. The Bertz CT molecular complexity index is 477. The lowest BCUT2D eigenvalue weighted by atomic mass is 10.1. The summed E-state index contributed by atoms with van der Waals surface area (Å²) in [4.78, 5) is 13.5. The number of benzene rings is 1. The van der Waals surface area contributed by atoms with Gasteiger partial charge in [-0.15, -0.1) is 0 Å². The number of amides is 1. The number of nitrogens with zero attached hydrogens (tertiary/aromatic N) is 1. The number of carbonyl (C=O) groups is 1. The van der Waals surface area contributed by atoms with Gasteiger partial charge < -0.3 is 4.90 Å². The minimum absolute atomic E-state index is 0.208. The van der Waals surface area contributed by atoms with Gasteiger partial charge in [-0.25, -0.2) is 5.43 Å². The monoisotopic (exact) mass is 280 g/mol. The van der Waals surface area contributed by atoms with Crippen molar-refractivity contribution < 1.29 is 9.69 Å². The molecule has 0 unspecified atom stereocenters.